The smallest absolute Gasteiger partial charge is 0.232 e. The molecule has 3 aromatic rings. The Kier molecular flexibility index (Phi) is 4.44. The molecule has 0 fully saturated rings. The summed E-state index contributed by atoms with van der Waals surface area (Å²) in [6.45, 7) is 12.8. The molecule has 2 aromatic carbocycles. The van der Waals surface area contributed by atoms with Gasteiger partial charge in [0.1, 0.15) is 18.1 Å². The topological polar surface area (TPSA) is 8.81 Å². The second kappa shape index (κ2) is 6.75. The molecule has 0 amide bonds. The minimum Gasteiger partial charge on any atom is -0.232 e. The molecule has 136 valence electrons. The molecular weight excluding hydrogens is 316 g/mol. The van der Waals surface area contributed by atoms with Gasteiger partial charge in [0, 0.05) is 12.5 Å². The first-order chi connectivity index (χ1) is 12.5. The summed E-state index contributed by atoms with van der Waals surface area (Å²) in [6, 6.07) is 14.9. The average Bonchev–Trinajstić information content (AvgIpc) is 2.94. The Labute approximate surface area is 159 Å². The van der Waals surface area contributed by atoms with Crippen LogP contribution in [0.1, 0.15) is 58.6 Å². The van der Waals surface area contributed by atoms with Gasteiger partial charge >= 0.3 is 0 Å². The van der Waals surface area contributed by atoms with Gasteiger partial charge in [-0.1, -0.05) is 71.0 Å². The Hall–Kier alpha value is -2.35. The van der Waals surface area contributed by atoms with Crippen LogP contribution in [0.4, 0.5) is 0 Å². The first-order valence-corrected chi connectivity index (χ1v) is 9.29. The van der Waals surface area contributed by atoms with E-state index in [2.05, 4.69) is 98.7 Å². The van der Waals surface area contributed by atoms with Crippen LogP contribution in [0, 0.1) is 6.92 Å². The summed E-state index contributed by atoms with van der Waals surface area (Å²) in [5.74, 6) is 0.443. The molecule has 0 aliphatic heterocycles. The highest BCUT2D eigenvalue weighted by Gasteiger charge is 2.29. The van der Waals surface area contributed by atoms with Gasteiger partial charge in [0.25, 0.3) is 5.82 Å². The lowest BCUT2D eigenvalue weighted by Gasteiger charge is -2.24. The SMILES string of the molecule is [2H]C(C)(C)c1cccc(C(C)(C)C)c1-n1cc[n+](C)c1-c1ccccc1C. The molecule has 0 unspecified atom stereocenters. The first kappa shape index (κ1) is 17.1. The normalized spacial score (nSPS) is 13.0. The van der Waals surface area contributed by atoms with E-state index in [4.69, 9.17) is 1.37 Å². The highest BCUT2D eigenvalue weighted by Crippen LogP contribution is 2.36. The van der Waals surface area contributed by atoms with E-state index in [-0.39, 0.29) is 5.41 Å². The van der Waals surface area contributed by atoms with Gasteiger partial charge in [-0.25, -0.2) is 4.57 Å². The van der Waals surface area contributed by atoms with Crippen LogP contribution in [-0.4, -0.2) is 4.57 Å². The number of hydrogen-bond donors (Lipinski definition) is 0. The highest BCUT2D eigenvalue weighted by molar-refractivity contribution is 5.63. The number of aromatic nitrogens is 2. The van der Waals surface area contributed by atoms with Gasteiger partial charge in [-0.3, -0.25) is 0 Å². The molecule has 0 saturated carbocycles. The molecule has 0 N–H and O–H groups in total. The predicted octanol–water partition coefficient (Wildman–Crippen LogP) is 5.70. The third-order valence-corrected chi connectivity index (χ3v) is 5.01. The number of aryl methyl sites for hydroxylation is 2. The van der Waals surface area contributed by atoms with Crippen molar-refractivity contribution >= 4 is 0 Å². The maximum absolute atomic E-state index is 8.77. The van der Waals surface area contributed by atoms with Gasteiger partial charge in [0.05, 0.1) is 12.6 Å². The Morgan fingerprint density at radius 1 is 1.04 bits per heavy atom. The van der Waals surface area contributed by atoms with Crippen LogP contribution in [0.3, 0.4) is 0 Å². The van der Waals surface area contributed by atoms with Crippen molar-refractivity contribution in [1.29, 1.82) is 0 Å². The van der Waals surface area contributed by atoms with Crippen LogP contribution in [0.2, 0.25) is 0 Å². The summed E-state index contributed by atoms with van der Waals surface area (Å²) < 4.78 is 13.2. The minimum atomic E-state index is -0.692. The molecule has 2 heteroatoms. The fraction of sp³-hybridized carbons (Fsp3) is 0.375. The Balaban J connectivity index is 2.42. The monoisotopic (exact) mass is 348 g/mol. The van der Waals surface area contributed by atoms with Crippen molar-refractivity contribution in [3.63, 3.8) is 0 Å². The fourth-order valence-electron chi connectivity index (χ4n) is 3.61. The predicted molar refractivity (Wildman–Crippen MR) is 110 cm³/mol. The van der Waals surface area contributed by atoms with Gasteiger partial charge in [0.15, 0.2) is 0 Å². The van der Waals surface area contributed by atoms with E-state index < -0.39 is 5.89 Å². The largest absolute Gasteiger partial charge is 0.294 e. The molecule has 1 aromatic heterocycles. The summed E-state index contributed by atoms with van der Waals surface area (Å²) in [7, 11) is 2.09. The van der Waals surface area contributed by atoms with Gasteiger partial charge in [-0.15, -0.1) is 0 Å². The van der Waals surface area contributed by atoms with E-state index >= 15 is 0 Å². The summed E-state index contributed by atoms with van der Waals surface area (Å²) in [5, 5.41) is 0. The zero-order valence-corrected chi connectivity index (χ0v) is 17.1. The molecular formula is C24H31N2+. The summed E-state index contributed by atoms with van der Waals surface area (Å²) in [6.07, 6.45) is 4.23. The van der Waals surface area contributed by atoms with Crippen molar-refractivity contribution in [1.82, 2.24) is 4.57 Å². The van der Waals surface area contributed by atoms with E-state index in [1.165, 1.54) is 16.7 Å². The van der Waals surface area contributed by atoms with Crippen molar-refractivity contribution in [2.45, 2.75) is 52.9 Å². The lowest BCUT2D eigenvalue weighted by molar-refractivity contribution is -0.659. The number of rotatable bonds is 3. The molecule has 0 saturated heterocycles. The van der Waals surface area contributed by atoms with Crippen molar-refractivity contribution in [3.8, 4) is 17.1 Å². The second-order valence-electron chi connectivity index (χ2n) is 8.37. The minimum absolute atomic E-state index is 0.0254. The molecule has 0 aliphatic carbocycles. The number of benzene rings is 2. The van der Waals surface area contributed by atoms with Crippen molar-refractivity contribution in [2.75, 3.05) is 0 Å². The molecule has 26 heavy (non-hydrogen) atoms. The number of hydrogen-bond acceptors (Lipinski definition) is 0. The van der Waals surface area contributed by atoms with Gasteiger partial charge in [0.2, 0.25) is 0 Å². The van der Waals surface area contributed by atoms with E-state index in [1.54, 1.807) is 0 Å². The summed E-state index contributed by atoms with van der Waals surface area (Å²) >= 11 is 0. The lowest BCUT2D eigenvalue weighted by Crippen LogP contribution is -2.30. The van der Waals surface area contributed by atoms with Crippen molar-refractivity contribution in [2.24, 2.45) is 7.05 Å². The quantitative estimate of drug-likeness (QED) is 0.537. The van der Waals surface area contributed by atoms with Crippen LogP contribution < -0.4 is 4.57 Å². The first-order valence-electron chi connectivity index (χ1n) is 9.79. The number of para-hydroxylation sites is 1. The van der Waals surface area contributed by atoms with Crippen LogP contribution in [-0.2, 0) is 12.5 Å². The molecule has 1 heterocycles. The molecule has 0 radical (unpaired) electrons. The number of nitrogens with zero attached hydrogens (tertiary/aromatic N) is 2. The Bertz CT molecular complexity index is 937. The fourth-order valence-corrected chi connectivity index (χ4v) is 3.61. The highest BCUT2D eigenvalue weighted by atomic mass is 15.1. The van der Waals surface area contributed by atoms with Crippen LogP contribution in [0.25, 0.3) is 17.1 Å². The molecule has 0 aliphatic rings. The van der Waals surface area contributed by atoms with Crippen LogP contribution in [0.5, 0.6) is 0 Å². The third kappa shape index (κ3) is 3.21. The van der Waals surface area contributed by atoms with E-state index in [0.717, 1.165) is 17.1 Å². The van der Waals surface area contributed by atoms with Gasteiger partial charge < -0.3 is 0 Å². The van der Waals surface area contributed by atoms with Crippen LogP contribution >= 0.6 is 0 Å². The van der Waals surface area contributed by atoms with E-state index in [1.807, 2.05) is 13.8 Å². The molecule has 0 spiro atoms. The summed E-state index contributed by atoms with van der Waals surface area (Å²) in [5.41, 5.74) is 5.86. The van der Waals surface area contributed by atoms with Crippen molar-refractivity contribution < 1.29 is 5.94 Å². The summed E-state index contributed by atoms with van der Waals surface area (Å²) in [4.78, 5) is 0. The average molecular weight is 349 g/mol. The second-order valence-corrected chi connectivity index (χ2v) is 8.37. The third-order valence-electron chi connectivity index (χ3n) is 5.01. The zero-order valence-electron chi connectivity index (χ0n) is 18.1. The maximum atomic E-state index is 8.77. The van der Waals surface area contributed by atoms with E-state index in [9.17, 15) is 0 Å². The van der Waals surface area contributed by atoms with Gasteiger partial charge in [-0.05, 0) is 29.9 Å². The van der Waals surface area contributed by atoms with E-state index in [0.29, 0.717) is 0 Å². The molecule has 0 atom stereocenters. The molecule has 0 bridgehead atoms. The van der Waals surface area contributed by atoms with Crippen LogP contribution in [0.15, 0.2) is 54.9 Å². The Morgan fingerprint density at radius 2 is 1.73 bits per heavy atom. The zero-order chi connectivity index (χ0) is 20.0. The molecule has 3 rings (SSSR count). The van der Waals surface area contributed by atoms with Gasteiger partial charge in [-0.2, -0.15) is 4.57 Å². The molecule has 2 nitrogen and oxygen atoms in total. The van der Waals surface area contributed by atoms with Crippen molar-refractivity contribution in [3.05, 3.63) is 71.5 Å². The standard InChI is InChI=1S/C24H31N2/c1-17(2)19-13-10-14-21(24(4,5)6)22(19)26-16-15-25(7)23(26)20-12-9-8-11-18(20)3/h8-17H,1-7H3/q+1/i17D. The lowest BCUT2D eigenvalue weighted by atomic mass is 9.82. The maximum Gasteiger partial charge on any atom is 0.294 e. The number of imidazole rings is 1. The Morgan fingerprint density at radius 3 is 2.35 bits per heavy atom.